The van der Waals surface area contributed by atoms with E-state index < -0.39 is 0 Å². The van der Waals surface area contributed by atoms with E-state index in [1.54, 1.807) is 11.8 Å². The molecule has 0 saturated heterocycles. The van der Waals surface area contributed by atoms with Crippen molar-refractivity contribution in [2.75, 3.05) is 0 Å². The third-order valence-corrected chi connectivity index (χ3v) is 5.35. The average Bonchev–Trinajstić information content (AvgIpc) is 2.89. The molecule has 3 rings (SSSR count). The Hall–Kier alpha value is -1.35. The zero-order chi connectivity index (χ0) is 12.2. The van der Waals surface area contributed by atoms with Crippen molar-refractivity contribution in [3.8, 4) is 11.3 Å². The summed E-state index contributed by atoms with van der Waals surface area (Å²) in [6, 6.07) is 20.6. The maximum atomic E-state index is 4.30. The maximum absolute atomic E-state index is 4.30. The van der Waals surface area contributed by atoms with Gasteiger partial charge in [-0.2, -0.15) is 0 Å². The Balaban J connectivity index is 1.93. The molecule has 0 aliphatic carbocycles. The van der Waals surface area contributed by atoms with Crippen molar-refractivity contribution < 1.29 is 0 Å². The topological polar surface area (TPSA) is 25.8 Å². The molecule has 0 aliphatic heterocycles. The van der Waals surface area contributed by atoms with Gasteiger partial charge in [-0.1, -0.05) is 0 Å². The van der Waals surface area contributed by atoms with Crippen molar-refractivity contribution in [1.82, 2.24) is 9.19 Å². The number of hydrogen-bond acceptors (Lipinski definition) is 3. The zero-order valence-corrected chi connectivity index (χ0v) is 12.0. The molecule has 0 aliphatic rings. The summed E-state index contributed by atoms with van der Waals surface area (Å²) in [6.45, 7) is 0. The van der Waals surface area contributed by atoms with Crippen molar-refractivity contribution in [2.24, 2.45) is 0 Å². The number of nitrogens with zero attached hydrogens (tertiary/aromatic N) is 2. The van der Waals surface area contributed by atoms with Gasteiger partial charge in [0.15, 0.2) is 0 Å². The van der Waals surface area contributed by atoms with Crippen molar-refractivity contribution in [3.63, 3.8) is 0 Å². The molecule has 0 saturated carbocycles. The molecule has 18 heavy (non-hydrogen) atoms. The molecule has 2 nitrogen and oxygen atoms in total. The minimum absolute atomic E-state index is 0.117. The van der Waals surface area contributed by atoms with Crippen LogP contribution in [0.15, 0.2) is 69.3 Å². The van der Waals surface area contributed by atoms with Gasteiger partial charge in [-0.05, 0) is 0 Å². The first kappa shape index (κ1) is 11.7. The monoisotopic (exact) mass is 318 g/mol. The summed E-state index contributed by atoms with van der Waals surface area (Å²) in [7, 11) is 0. The first-order valence-corrected chi connectivity index (χ1v) is 7.98. The van der Waals surface area contributed by atoms with Crippen LogP contribution in [0.3, 0.4) is 0 Å². The molecule has 1 heterocycles. The molecule has 0 radical (unpaired) electrons. The first-order chi connectivity index (χ1) is 8.93. The standard InChI is InChI=1S/C14H10N2SSe/c1-3-7-11(8-4-1)13-14(18-16-15-13)17-12-9-5-2-6-10-12/h1-10H. The molecule has 0 spiro atoms. The Morgan fingerprint density at radius 1 is 0.833 bits per heavy atom. The van der Waals surface area contributed by atoms with Gasteiger partial charge in [-0.25, -0.2) is 0 Å². The summed E-state index contributed by atoms with van der Waals surface area (Å²) in [4.78, 5) is 1.25. The number of benzene rings is 2. The van der Waals surface area contributed by atoms with Gasteiger partial charge in [0.1, 0.15) is 0 Å². The molecule has 4 heteroatoms. The summed E-state index contributed by atoms with van der Waals surface area (Å²) in [5.41, 5.74) is 2.18. The molecule has 2 aromatic carbocycles. The minimum atomic E-state index is 0.117. The molecule has 3 aromatic rings. The van der Waals surface area contributed by atoms with Crippen LogP contribution in [-0.4, -0.2) is 23.9 Å². The summed E-state index contributed by atoms with van der Waals surface area (Å²) in [5.74, 6) is 0. The third-order valence-electron chi connectivity index (χ3n) is 2.46. The first-order valence-electron chi connectivity index (χ1n) is 5.54. The van der Waals surface area contributed by atoms with Gasteiger partial charge < -0.3 is 0 Å². The third kappa shape index (κ3) is 2.56. The second-order valence-electron chi connectivity index (χ2n) is 3.69. The van der Waals surface area contributed by atoms with Gasteiger partial charge in [-0.3, -0.25) is 0 Å². The van der Waals surface area contributed by atoms with E-state index in [9.17, 15) is 0 Å². The van der Waals surface area contributed by atoms with E-state index >= 15 is 0 Å². The number of hydrogen-bond donors (Lipinski definition) is 0. The number of rotatable bonds is 3. The van der Waals surface area contributed by atoms with E-state index in [4.69, 9.17) is 0 Å². The van der Waals surface area contributed by atoms with Crippen molar-refractivity contribution >= 4 is 26.5 Å². The molecule has 0 fully saturated rings. The molecule has 0 unspecified atom stereocenters. The Bertz CT molecular complexity index is 623. The van der Waals surface area contributed by atoms with Gasteiger partial charge in [0.2, 0.25) is 0 Å². The fourth-order valence-electron chi connectivity index (χ4n) is 1.62. The second kappa shape index (κ2) is 5.53. The van der Waals surface area contributed by atoms with Crippen molar-refractivity contribution in [1.29, 1.82) is 0 Å². The van der Waals surface area contributed by atoms with Gasteiger partial charge in [0.25, 0.3) is 0 Å². The van der Waals surface area contributed by atoms with E-state index in [0.29, 0.717) is 0 Å². The van der Waals surface area contributed by atoms with E-state index in [1.165, 1.54) is 8.66 Å². The van der Waals surface area contributed by atoms with Crippen molar-refractivity contribution in [2.45, 2.75) is 8.66 Å². The fraction of sp³-hybridized carbons (Fsp3) is 0. The second-order valence-corrected chi connectivity index (χ2v) is 6.94. The van der Waals surface area contributed by atoms with Crippen molar-refractivity contribution in [3.05, 3.63) is 60.7 Å². The number of aromatic nitrogens is 2. The van der Waals surface area contributed by atoms with E-state index in [-0.39, 0.29) is 14.7 Å². The van der Waals surface area contributed by atoms with Crippen LogP contribution in [0.1, 0.15) is 0 Å². The summed E-state index contributed by atoms with van der Waals surface area (Å²) >= 11 is 1.89. The van der Waals surface area contributed by atoms with Crippen LogP contribution < -0.4 is 0 Å². The van der Waals surface area contributed by atoms with Crippen LogP contribution in [0.4, 0.5) is 0 Å². The summed E-state index contributed by atoms with van der Waals surface area (Å²) in [6.07, 6.45) is 0. The molecule has 0 bridgehead atoms. The Kier molecular flexibility index (Phi) is 3.60. The van der Waals surface area contributed by atoms with Crippen LogP contribution >= 0.6 is 11.8 Å². The van der Waals surface area contributed by atoms with Crippen LogP contribution in [0.5, 0.6) is 0 Å². The van der Waals surface area contributed by atoms with Crippen LogP contribution in [0.2, 0.25) is 0 Å². The van der Waals surface area contributed by atoms with Crippen LogP contribution in [0.25, 0.3) is 11.3 Å². The SMILES string of the molecule is c1ccc(Sc2[se]nnc2-c2ccccc2)cc1. The Morgan fingerprint density at radius 3 is 2.22 bits per heavy atom. The molecule has 0 atom stereocenters. The quantitative estimate of drug-likeness (QED) is 0.693. The Morgan fingerprint density at radius 2 is 1.50 bits per heavy atom. The van der Waals surface area contributed by atoms with E-state index in [1.807, 2.05) is 24.3 Å². The van der Waals surface area contributed by atoms with Crippen LogP contribution in [0, 0.1) is 0 Å². The van der Waals surface area contributed by atoms with Gasteiger partial charge in [-0.15, -0.1) is 0 Å². The van der Waals surface area contributed by atoms with Crippen LogP contribution in [-0.2, 0) is 0 Å². The van der Waals surface area contributed by atoms with Gasteiger partial charge in [0.05, 0.1) is 0 Å². The molecular formula is C14H10N2SSe. The Labute approximate surface area is 116 Å². The normalized spacial score (nSPS) is 10.4. The molecule has 1 aromatic heterocycles. The molecule has 88 valence electrons. The summed E-state index contributed by atoms with van der Waals surface area (Å²) in [5, 5.41) is 4.30. The molecular weight excluding hydrogens is 307 g/mol. The van der Waals surface area contributed by atoms with Gasteiger partial charge in [0, 0.05) is 0 Å². The van der Waals surface area contributed by atoms with Gasteiger partial charge >= 0.3 is 116 Å². The zero-order valence-electron chi connectivity index (χ0n) is 9.48. The predicted octanol–water partition coefficient (Wildman–Crippen LogP) is 3.35. The summed E-state index contributed by atoms with van der Waals surface area (Å²) < 4.78 is 5.49. The molecule has 0 amide bonds. The average molecular weight is 317 g/mol. The predicted molar refractivity (Wildman–Crippen MR) is 75.0 cm³/mol. The van der Waals surface area contributed by atoms with E-state index in [0.717, 1.165) is 11.3 Å². The molecule has 0 N–H and O–H groups in total. The fourth-order valence-corrected chi connectivity index (χ4v) is 4.36. The van der Waals surface area contributed by atoms with E-state index in [2.05, 4.69) is 45.6 Å².